The Morgan fingerprint density at radius 3 is 1.48 bits per heavy atom. The quantitative estimate of drug-likeness (QED) is 0.197. The number of benzene rings is 4. The molecule has 344 valence electrons. The zero-order valence-corrected chi connectivity index (χ0v) is 38.9. The Bertz CT molecular complexity index is 2460. The van der Waals surface area contributed by atoms with Gasteiger partial charge in [-0.2, -0.15) is 0 Å². The Morgan fingerprint density at radius 2 is 1.00 bits per heavy atom. The smallest absolute Gasteiger partial charge is 0.410 e. The van der Waals surface area contributed by atoms with Gasteiger partial charge in [-0.15, -0.1) is 0 Å². The number of nitrogens with zero attached hydrogens (tertiary/aromatic N) is 5. The van der Waals surface area contributed by atoms with Crippen LogP contribution < -0.4 is 20.0 Å². The molecule has 0 spiro atoms. The summed E-state index contributed by atoms with van der Waals surface area (Å²) in [6.45, 7) is 16.6. The normalized spacial score (nSPS) is 16.0. The maximum Gasteiger partial charge on any atom is 0.410 e. The second-order valence-corrected chi connectivity index (χ2v) is 18.5. The minimum atomic E-state index is -0.621. The van der Waals surface area contributed by atoms with Gasteiger partial charge in [0.25, 0.3) is 23.4 Å². The molecular weight excluding hydrogens is 906 g/mol. The molecule has 0 saturated carbocycles. The van der Waals surface area contributed by atoms with E-state index in [-0.39, 0.29) is 36.7 Å². The maximum absolute atomic E-state index is 13.6. The van der Waals surface area contributed by atoms with Gasteiger partial charge in [0.2, 0.25) is 0 Å². The van der Waals surface area contributed by atoms with Gasteiger partial charge in [0.15, 0.2) is 0 Å². The predicted octanol–water partition coefficient (Wildman–Crippen LogP) is 7.76. The molecule has 4 aromatic carbocycles. The summed E-state index contributed by atoms with van der Waals surface area (Å²) >= 11 is 3.28. The van der Waals surface area contributed by atoms with Gasteiger partial charge in [-0.05, 0) is 117 Å². The number of hydrogen-bond acceptors (Lipinski definition) is 10. The first-order valence-electron chi connectivity index (χ1n) is 21.2. The average Bonchev–Trinajstić information content (AvgIpc) is 3.64. The Morgan fingerprint density at radius 1 is 0.585 bits per heavy atom. The largest absolute Gasteiger partial charge is 0.444 e. The van der Waals surface area contributed by atoms with Crippen LogP contribution in [0.2, 0.25) is 0 Å². The lowest BCUT2D eigenvalue weighted by atomic mass is 10.1. The third-order valence-electron chi connectivity index (χ3n) is 10.4. The highest BCUT2D eigenvalue weighted by Gasteiger charge is 2.40. The van der Waals surface area contributed by atoms with Gasteiger partial charge in [-0.25, -0.2) is 18.4 Å². The van der Waals surface area contributed by atoms with Crippen LogP contribution in [0.5, 0.6) is 0 Å². The SMILES string of the molecule is CC(C)(C)OC(=O)N1CCN(c2cccc3c2C(=O)C(=O)N3Cc2cccc(F)c2)CC1.CC(C)(C)OC(=O)N1CCNCC1.O=C1C(=O)N(Cc2cccc(F)c2)c2cccc(Br)c21. The third-order valence-corrected chi connectivity index (χ3v) is 11.1. The Balaban J connectivity index is 0.000000180. The number of ether oxygens (including phenoxy) is 2. The molecule has 4 amide bonds. The summed E-state index contributed by atoms with van der Waals surface area (Å²) in [5, 5.41) is 3.18. The van der Waals surface area contributed by atoms with Crippen LogP contribution in [0.4, 0.5) is 35.4 Å². The van der Waals surface area contributed by atoms with Crippen molar-refractivity contribution in [1.29, 1.82) is 0 Å². The number of hydrogen-bond donors (Lipinski definition) is 1. The highest BCUT2D eigenvalue weighted by Crippen LogP contribution is 2.38. The highest BCUT2D eigenvalue weighted by molar-refractivity contribution is 9.10. The van der Waals surface area contributed by atoms with Gasteiger partial charge in [0, 0.05) is 56.8 Å². The predicted molar refractivity (Wildman–Crippen MR) is 245 cm³/mol. The summed E-state index contributed by atoms with van der Waals surface area (Å²) in [5.41, 5.74) is 2.78. The molecule has 65 heavy (non-hydrogen) atoms. The molecule has 8 rings (SSSR count). The van der Waals surface area contributed by atoms with Crippen LogP contribution in [0.25, 0.3) is 0 Å². The number of rotatable bonds is 5. The summed E-state index contributed by atoms with van der Waals surface area (Å²) in [6, 6.07) is 22.5. The number of amides is 4. The zero-order chi connectivity index (χ0) is 47.2. The molecule has 4 aliphatic rings. The van der Waals surface area contributed by atoms with E-state index in [1.54, 1.807) is 64.4 Å². The van der Waals surface area contributed by atoms with Crippen molar-refractivity contribution >= 4 is 68.6 Å². The van der Waals surface area contributed by atoms with Crippen molar-refractivity contribution in [3.63, 3.8) is 0 Å². The first-order chi connectivity index (χ1) is 30.7. The highest BCUT2D eigenvalue weighted by atomic mass is 79.9. The lowest BCUT2D eigenvalue weighted by Crippen LogP contribution is -2.50. The van der Waals surface area contributed by atoms with E-state index in [2.05, 4.69) is 21.2 Å². The van der Waals surface area contributed by atoms with Crippen LogP contribution in [0, 0.1) is 11.6 Å². The molecule has 17 heteroatoms. The lowest BCUT2D eigenvalue weighted by Gasteiger charge is -2.37. The summed E-state index contributed by atoms with van der Waals surface area (Å²) in [7, 11) is 0. The topological polar surface area (TPSA) is 149 Å². The molecule has 0 bridgehead atoms. The fourth-order valence-electron chi connectivity index (χ4n) is 7.47. The third kappa shape index (κ3) is 12.1. The molecule has 0 radical (unpaired) electrons. The first kappa shape index (κ1) is 48.3. The van der Waals surface area contributed by atoms with E-state index in [0.29, 0.717) is 70.0 Å². The summed E-state index contributed by atoms with van der Waals surface area (Å²) in [6.07, 6.45) is -0.558. The molecule has 4 aliphatic heterocycles. The van der Waals surface area contributed by atoms with E-state index < -0.39 is 34.8 Å². The molecule has 0 aromatic heterocycles. The Labute approximate surface area is 385 Å². The van der Waals surface area contributed by atoms with E-state index in [1.807, 2.05) is 52.5 Å². The van der Waals surface area contributed by atoms with Crippen LogP contribution in [0.15, 0.2) is 89.4 Å². The van der Waals surface area contributed by atoms with E-state index in [0.717, 1.165) is 26.2 Å². The summed E-state index contributed by atoms with van der Waals surface area (Å²) < 4.78 is 38.0. The minimum absolute atomic E-state index is 0.116. The molecule has 4 heterocycles. The van der Waals surface area contributed by atoms with Crippen molar-refractivity contribution in [1.82, 2.24) is 15.1 Å². The molecular formula is C48H53BrF2N6O8. The van der Waals surface area contributed by atoms with Crippen LogP contribution in [-0.4, -0.2) is 109 Å². The van der Waals surface area contributed by atoms with Gasteiger partial charge >= 0.3 is 12.2 Å². The molecule has 2 saturated heterocycles. The van der Waals surface area contributed by atoms with Crippen molar-refractivity contribution < 1.29 is 47.0 Å². The van der Waals surface area contributed by atoms with E-state index >= 15 is 0 Å². The Kier molecular flexibility index (Phi) is 15.1. The summed E-state index contributed by atoms with van der Waals surface area (Å²) in [5.74, 6) is -3.07. The van der Waals surface area contributed by atoms with Crippen molar-refractivity contribution in [2.75, 3.05) is 67.1 Å². The second-order valence-electron chi connectivity index (χ2n) is 17.7. The van der Waals surface area contributed by atoms with Crippen molar-refractivity contribution in [2.45, 2.75) is 65.8 Å². The number of nitrogens with one attached hydrogen (secondary N) is 1. The molecule has 1 N–H and O–H groups in total. The van der Waals surface area contributed by atoms with Gasteiger partial charge < -0.3 is 39.3 Å². The van der Waals surface area contributed by atoms with Crippen LogP contribution in [-0.2, 0) is 32.2 Å². The summed E-state index contributed by atoms with van der Waals surface area (Å²) in [4.78, 5) is 81.7. The second kappa shape index (κ2) is 20.3. The molecule has 0 aliphatic carbocycles. The first-order valence-corrected chi connectivity index (χ1v) is 22.0. The molecule has 0 unspecified atom stereocenters. The van der Waals surface area contributed by atoms with Gasteiger partial charge in [-0.1, -0.05) is 36.4 Å². The van der Waals surface area contributed by atoms with Crippen LogP contribution in [0.3, 0.4) is 0 Å². The van der Waals surface area contributed by atoms with Crippen molar-refractivity contribution in [3.05, 3.63) is 123 Å². The zero-order valence-electron chi connectivity index (χ0n) is 37.3. The molecule has 0 atom stereocenters. The van der Waals surface area contributed by atoms with Crippen molar-refractivity contribution in [2.24, 2.45) is 0 Å². The molecule has 2 fully saturated rings. The standard InChI is InChI=1S/C24H26FN3O4.C15H9BrFNO2.C9H18N2O2/c1-24(2,3)32-23(31)27-12-10-26(11-13-27)18-8-5-9-19-20(18)21(29)22(30)28(19)15-16-6-4-7-17(25)14-16;16-11-5-2-6-12-13(11)14(19)15(20)18(12)8-9-3-1-4-10(17)7-9;1-9(2,3)13-8(12)11-6-4-10-5-7-11/h4-9,14H,10-13,15H2,1-3H3;1-7H,8H2;10H,4-7H2,1-3H3. The number of fused-ring (bicyclic) bond motifs is 2. The molecule has 4 aromatic rings. The van der Waals surface area contributed by atoms with Gasteiger partial charge in [-0.3, -0.25) is 19.2 Å². The number of Topliss-reactive ketones (excluding diaryl/α,β-unsaturated/α-hetero) is 2. The Hall–Kier alpha value is -6.20. The number of piperazine rings is 2. The monoisotopic (exact) mass is 958 g/mol. The maximum atomic E-state index is 13.6. The van der Waals surface area contributed by atoms with E-state index in [4.69, 9.17) is 9.47 Å². The van der Waals surface area contributed by atoms with Crippen LogP contribution >= 0.6 is 15.9 Å². The number of anilines is 3. The van der Waals surface area contributed by atoms with Gasteiger partial charge in [0.05, 0.1) is 41.3 Å². The fourth-order valence-corrected chi connectivity index (χ4v) is 8.01. The number of halogens is 3. The van der Waals surface area contributed by atoms with Crippen molar-refractivity contribution in [3.8, 4) is 0 Å². The average molecular weight is 960 g/mol. The number of carbonyl (C=O) groups excluding carboxylic acids is 6. The van der Waals surface area contributed by atoms with Crippen LogP contribution in [0.1, 0.15) is 73.4 Å². The lowest BCUT2D eigenvalue weighted by molar-refractivity contribution is -0.115. The fraction of sp³-hybridized carbons (Fsp3) is 0.375. The molecule has 14 nitrogen and oxygen atoms in total. The number of ketones is 2. The number of carbonyl (C=O) groups is 6. The van der Waals surface area contributed by atoms with E-state index in [9.17, 15) is 37.5 Å². The van der Waals surface area contributed by atoms with Gasteiger partial charge in [0.1, 0.15) is 22.8 Å². The van der Waals surface area contributed by atoms with E-state index in [1.165, 1.54) is 34.1 Å². The minimum Gasteiger partial charge on any atom is -0.444 e.